The molecule has 4 rings (SSSR count). The molecule has 1 aromatic carbocycles. The van der Waals surface area contributed by atoms with Gasteiger partial charge in [0.15, 0.2) is 5.82 Å². The summed E-state index contributed by atoms with van der Waals surface area (Å²) in [5, 5.41) is 4.78. The molecular weight excluding hydrogens is 320 g/mol. The highest BCUT2D eigenvalue weighted by Gasteiger charge is 2.17. The number of aromatic nitrogens is 5. The first kappa shape index (κ1) is 13.6. The van der Waals surface area contributed by atoms with Crippen LogP contribution in [0, 0.1) is 0 Å². The van der Waals surface area contributed by atoms with Crippen LogP contribution in [0.5, 0.6) is 0 Å². The second-order valence-electron chi connectivity index (χ2n) is 4.96. The standard InChI is InChI=1S/C13H10N6O3S/c1-23(20,21)13-16-11(14)19-12(17-13)15-10(18-19)8-3-2-7-4-5-22-9(7)6-8/h2-6H,1H3,(H2,14,15,16,17,18). The Balaban J connectivity index is 1.92. The third kappa shape index (κ3) is 2.19. The number of nitrogens with zero attached hydrogens (tertiary/aromatic N) is 5. The monoisotopic (exact) mass is 330 g/mol. The number of hydrogen-bond acceptors (Lipinski definition) is 8. The summed E-state index contributed by atoms with van der Waals surface area (Å²) in [5.74, 6) is 0.302. The number of benzene rings is 1. The van der Waals surface area contributed by atoms with Gasteiger partial charge in [0.25, 0.3) is 10.9 Å². The Hall–Kier alpha value is -3.01. The predicted octanol–water partition coefficient (Wildman–Crippen LogP) is 0.918. The van der Waals surface area contributed by atoms with Crippen LogP contribution in [0.2, 0.25) is 0 Å². The molecule has 116 valence electrons. The molecule has 0 fully saturated rings. The van der Waals surface area contributed by atoms with E-state index in [-0.39, 0.29) is 16.9 Å². The zero-order valence-electron chi connectivity index (χ0n) is 11.8. The molecule has 0 aliphatic rings. The second kappa shape index (κ2) is 4.49. The highest BCUT2D eigenvalue weighted by atomic mass is 32.2. The topological polar surface area (TPSA) is 129 Å². The van der Waals surface area contributed by atoms with Crippen LogP contribution in [0.1, 0.15) is 0 Å². The van der Waals surface area contributed by atoms with Crippen LogP contribution in [-0.2, 0) is 9.84 Å². The van der Waals surface area contributed by atoms with Gasteiger partial charge in [-0.1, -0.05) is 12.1 Å². The fourth-order valence-corrected chi connectivity index (χ4v) is 2.67. The lowest BCUT2D eigenvalue weighted by Crippen LogP contribution is -2.11. The Morgan fingerprint density at radius 2 is 2.00 bits per heavy atom. The molecule has 10 heteroatoms. The number of hydrogen-bond donors (Lipinski definition) is 1. The lowest BCUT2D eigenvalue weighted by molar-refractivity contribution is 0.592. The van der Waals surface area contributed by atoms with E-state index < -0.39 is 9.84 Å². The molecule has 2 N–H and O–H groups in total. The summed E-state index contributed by atoms with van der Waals surface area (Å²) in [6.07, 6.45) is 2.59. The second-order valence-corrected chi connectivity index (χ2v) is 6.87. The van der Waals surface area contributed by atoms with Gasteiger partial charge in [-0.2, -0.15) is 19.5 Å². The Bertz CT molecular complexity index is 1160. The van der Waals surface area contributed by atoms with E-state index in [1.54, 1.807) is 12.3 Å². The van der Waals surface area contributed by atoms with Gasteiger partial charge >= 0.3 is 0 Å². The van der Waals surface area contributed by atoms with Gasteiger partial charge in [-0.3, -0.25) is 0 Å². The van der Waals surface area contributed by atoms with E-state index in [9.17, 15) is 8.42 Å². The van der Waals surface area contributed by atoms with Crippen molar-refractivity contribution in [1.82, 2.24) is 24.6 Å². The van der Waals surface area contributed by atoms with E-state index in [1.807, 2.05) is 18.2 Å². The van der Waals surface area contributed by atoms with Gasteiger partial charge in [-0.05, 0) is 12.1 Å². The van der Waals surface area contributed by atoms with Crippen molar-refractivity contribution in [3.8, 4) is 11.4 Å². The Kier molecular flexibility index (Phi) is 2.66. The predicted molar refractivity (Wildman–Crippen MR) is 81.3 cm³/mol. The van der Waals surface area contributed by atoms with Gasteiger partial charge in [-0.25, -0.2) is 8.42 Å². The summed E-state index contributed by atoms with van der Waals surface area (Å²) in [4.78, 5) is 11.9. The van der Waals surface area contributed by atoms with Crippen molar-refractivity contribution in [2.75, 3.05) is 12.0 Å². The maximum atomic E-state index is 11.6. The summed E-state index contributed by atoms with van der Waals surface area (Å²) in [6.45, 7) is 0. The molecule has 0 unspecified atom stereocenters. The molecule has 0 aliphatic heterocycles. The minimum absolute atomic E-state index is 0.0625. The molecule has 0 atom stereocenters. The van der Waals surface area contributed by atoms with E-state index in [0.29, 0.717) is 17.0 Å². The van der Waals surface area contributed by atoms with Crippen molar-refractivity contribution in [3.63, 3.8) is 0 Å². The molecular formula is C13H10N6O3S. The number of rotatable bonds is 2. The Labute approximate surface area is 129 Å². The summed E-state index contributed by atoms with van der Waals surface area (Å²) in [5.41, 5.74) is 7.13. The van der Waals surface area contributed by atoms with Gasteiger partial charge in [0, 0.05) is 17.2 Å². The van der Waals surface area contributed by atoms with Crippen molar-refractivity contribution < 1.29 is 12.8 Å². The third-order valence-corrected chi connectivity index (χ3v) is 4.10. The molecule has 0 bridgehead atoms. The molecule has 0 aliphatic carbocycles. The number of anilines is 1. The first-order valence-electron chi connectivity index (χ1n) is 6.50. The van der Waals surface area contributed by atoms with E-state index in [0.717, 1.165) is 11.6 Å². The number of nitrogens with two attached hydrogens (primary N) is 1. The van der Waals surface area contributed by atoms with Crippen LogP contribution in [0.3, 0.4) is 0 Å². The molecule has 4 aromatic rings. The Morgan fingerprint density at radius 1 is 1.17 bits per heavy atom. The van der Waals surface area contributed by atoms with Crippen molar-refractivity contribution >= 4 is 32.5 Å². The molecule has 0 spiro atoms. The molecule has 0 amide bonds. The van der Waals surface area contributed by atoms with Crippen LogP contribution in [0.4, 0.5) is 5.95 Å². The molecule has 0 saturated heterocycles. The van der Waals surface area contributed by atoms with Crippen LogP contribution in [0.15, 0.2) is 40.1 Å². The molecule has 0 saturated carbocycles. The lowest BCUT2D eigenvalue weighted by atomic mass is 10.1. The molecule has 0 radical (unpaired) electrons. The highest BCUT2D eigenvalue weighted by molar-refractivity contribution is 7.90. The van der Waals surface area contributed by atoms with Gasteiger partial charge in [0.1, 0.15) is 5.58 Å². The fourth-order valence-electron chi connectivity index (χ4n) is 2.17. The normalized spacial score (nSPS) is 12.2. The fraction of sp³-hybridized carbons (Fsp3) is 0.0769. The maximum Gasteiger partial charge on any atom is 0.258 e. The first-order chi connectivity index (χ1) is 10.9. The van der Waals surface area contributed by atoms with Gasteiger partial charge in [0.05, 0.1) is 6.26 Å². The lowest BCUT2D eigenvalue weighted by Gasteiger charge is -1.99. The van der Waals surface area contributed by atoms with Crippen LogP contribution < -0.4 is 5.73 Å². The summed E-state index contributed by atoms with van der Waals surface area (Å²) in [6, 6.07) is 7.33. The zero-order chi connectivity index (χ0) is 16.2. The third-order valence-electron chi connectivity index (χ3n) is 3.26. The average Bonchev–Trinajstić information content (AvgIpc) is 3.11. The van der Waals surface area contributed by atoms with E-state index in [4.69, 9.17) is 10.2 Å². The SMILES string of the molecule is CS(=O)(=O)c1nc(N)n2nc(-c3ccc4ccoc4c3)nc2n1. The van der Waals surface area contributed by atoms with Crippen LogP contribution >= 0.6 is 0 Å². The largest absolute Gasteiger partial charge is 0.464 e. The maximum absolute atomic E-state index is 11.6. The van der Waals surface area contributed by atoms with Crippen LogP contribution in [-0.4, -0.2) is 39.2 Å². The average molecular weight is 330 g/mol. The summed E-state index contributed by atoms with van der Waals surface area (Å²) in [7, 11) is -3.59. The van der Waals surface area contributed by atoms with Gasteiger partial charge in [-0.15, -0.1) is 5.10 Å². The van der Waals surface area contributed by atoms with E-state index >= 15 is 0 Å². The minimum Gasteiger partial charge on any atom is -0.464 e. The molecule has 9 nitrogen and oxygen atoms in total. The number of nitrogen functional groups attached to an aromatic ring is 1. The van der Waals surface area contributed by atoms with Gasteiger partial charge in [0.2, 0.25) is 15.8 Å². The smallest absolute Gasteiger partial charge is 0.258 e. The molecule has 3 heterocycles. The van der Waals surface area contributed by atoms with Crippen molar-refractivity contribution in [2.24, 2.45) is 0 Å². The number of furan rings is 1. The molecule has 23 heavy (non-hydrogen) atoms. The first-order valence-corrected chi connectivity index (χ1v) is 8.39. The minimum atomic E-state index is -3.59. The van der Waals surface area contributed by atoms with Crippen molar-refractivity contribution in [1.29, 1.82) is 0 Å². The highest BCUT2D eigenvalue weighted by Crippen LogP contribution is 2.23. The number of sulfone groups is 1. The van der Waals surface area contributed by atoms with Crippen molar-refractivity contribution in [3.05, 3.63) is 30.5 Å². The quantitative estimate of drug-likeness (QED) is 0.574. The van der Waals surface area contributed by atoms with E-state index in [1.165, 1.54) is 4.52 Å². The molecule has 3 aromatic heterocycles. The Morgan fingerprint density at radius 3 is 2.78 bits per heavy atom. The van der Waals surface area contributed by atoms with Gasteiger partial charge < -0.3 is 10.2 Å². The summed E-state index contributed by atoms with van der Waals surface area (Å²) >= 11 is 0. The van der Waals surface area contributed by atoms with Crippen LogP contribution in [0.25, 0.3) is 28.1 Å². The van der Waals surface area contributed by atoms with E-state index in [2.05, 4.69) is 20.1 Å². The summed E-state index contributed by atoms with van der Waals surface area (Å²) < 4.78 is 29.7. The zero-order valence-corrected chi connectivity index (χ0v) is 12.6. The number of fused-ring (bicyclic) bond motifs is 2. The van der Waals surface area contributed by atoms with Crippen molar-refractivity contribution in [2.45, 2.75) is 5.16 Å².